The average molecular weight is 226 g/mol. The molecule has 0 aliphatic carbocycles. The van der Waals surface area contributed by atoms with E-state index < -0.39 is 5.60 Å². The monoisotopic (exact) mass is 226 g/mol. The number of hydrogen-bond donors (Lipinski definition) is 1. The maximum Gasteiger partial charge on any atom is 0.177 e. The third-order valence-corrected chi connectivity index (χ3v) is 3.02. The van der Waals surface area contributed by atoms with Crippen LogP contribution in [0.4, 0.5) is 0 Å². The lowest BCUT2D eigenvalue weighted by atomic mass is 9.86. The number of tetrazole rings is 1. The molecular formula is C10H18N4O2. The molecule has 6 heteroatoms. The molecule has 2 heterocycles. The SMILES string of the molecule is CCC1CC(O)(Cc2nnn(C)n2)CCO1. The second-order valence-corrected chi connectivity index (χ2v) is 4.45. The number of aliphatic hydroxyl groups is 1. The van der Waals surface area contributed by atoms with Crippen molar-refractivity contribution in [3.8, 4) is 0 Å². The van der Waals surface area contributed by atoms with Crippen molar-refractivity contribution in [3.05, 3.63) is 5.82 Å². The first-order valence-electron chi connectivity index (χ1n) is 5.68. The standard InChI is InChI=1S/C10H18N4O2/c1-3-8-6-10(15,4-5-16-8)7-9-11-13-14(2)12-9/h8,15H,3-7H2,1-2H3. The van der Waals surface area contributed by atoms with Crippen LogP contribution in [-0.2, 0) is 18.2 Å². The van der Waals surface area contributed by atoms with E-state index in [0.29, 0.717) is 31.7 Å². The molecule has 1 aromatic heterocycles. The summed E-state index contributed by atoms with van der Waals surface area (Å²) in [6.45, 7) is 2.67. The Morgan fingerprint density at radius 2 is 2.44 bits per heavy atom. The molecule has 2 unspecified atom stereocenters. The zero-order chi connectivity index (χ0) is 11.6. The van der Waals surface area contributed by atoms with Gasteiger partial charge in [-0.3, -0.25) is 0 Å². The highest BCUT2D eigenvalue weighted by atomic mass is 16.5. The van der Waals surface area contributed by atoms with Crippen LogP contribution >= 0.6 is 0 Å². The number of rotatable bonds is 3. The van der Waals surface area contributed by atoms with Gasteiger partial charge >= 0.3 is 0 Å². The van der Waals surface area contributed by atoms with Gasteiger partial charge < -0.3 is 9.84 Å². The smallest absolute Gasteiger partial charge is 0.177 e. The molecule has 1 aliphatic rings. The molecule has 16 heavy (non-hydrogen) atoms. The lowest BCUT2D eigenvalue weighted by molar-refractivity contribution is -0.104. The van der Waals surface area contributed by atoms with E-state index in [1.165, 1.54) is 4.80 Å². The molecule has 2 rings (SSSR count). The van der Waals surface area contributed by atoms with Crippen molar-refractivity contribution in [1.29, 1.82) is 0 Å². The summed E-state index contributed by atoms with van der Waals surface area (Å²) in [5, 5.41) is 22.2. The summed E-state index contributed by atoms with van der Waals surface area (Å²) in [6.07, 6.45) is 2.83. The third kappa shape index (κ3) is 2.56. The average Bonchev–Trinajstić information content (AvgIpc) is 2.63. The van der Waals surface area contributed by atoms with Crippen LogP contribution in [0.1, 0.15) is 32.0 Å². The van der Waals surface area contributed by atoms with Crippen molar-refractivity contribution in [2.24, 2.45) is 7.05 Å². The number of aromatic nitrogens is 4. The van der Waals surface area contributed by atoms with Crippen LogP contribution in [0.25, 0.3) is 0 Å². The van der Waals surface area contributed by atoms with Gasteiger partial charge in [0.2, 0.25) is 0 Å². The highest BCUT2D eigenvalue weighted by molar-refractivity contribution is 4.94. The van der Waals surface area contributed by atoms with E-state index in [2.05, 4.69) is 22.3 Å². The Labute approximate surface area is 94.6 Å². The van der Waals surface area contributed by atoms with E-state index in [-0.39, 0.29) is 6.10 Å². The number of aryl methyl sites for hydroxylation is 1. The van der Waals surface area contributed by atoms with Gasteiger partial charge in [-0.15, -0.1) is 10.2 Å². The molecule has 1 N–H and O–H groups in total. The molecular weight excluding hydrogens is 208 g/mol. The van der Waals surface area contributed by atoms with Crippen LogP contribution in [0, 0.1) is 0 Å². The molecule has 1 fully saturated rings. The maximum absolute atomic E-state index is 10.4. The van der Waals surface area contributed by atoms with Crippen LogP contribution in [0.3, 0.4) is 0 Å². The first kappa shape index (κ1) is 11.5. The number of hydrogen-bond acceptors (Lipinski definition) is 5. The maximum atomic E-state index is 10.4. The predicted molar refractivity (Wildman–Crippen MR) is 56.7 cm³/mol. The quantitative estimate of drug-likeness (QED) is 0.789. The van der Waals surface area contributed by atoms with Crippen molar-refractivity contribution in [2.45, 2.75) is 44.3 Å². The molecule has 0 spiro atoms. The van der Waals surface area contributed by atoms with E-state index >= 15 is 0 Å². The van der Waals surface area contributed by atoms with Crippen molar-refractivity contribution in [2.75, 3.05) is 6.61 Å². The Kier molecular flexibility index (Phi) is 3.20. The highest BCUT2D eigenvalue weighted by Crippen LogP contribution is 2.28. The Hall–Kier alpha value is -1.01. The molecule has 1 saturated heterocycles. The summed E-state index contributed by atoms with van der Waals surface area (Å²) < 4.78 is 5.54. The normalized spacial score (nSPS) is 30.6. The van der Waals surface area contributed by atoms with Crippen LogP contribution in [0.5, 0.6) is 0 Å². The van der Waals surface area contributed by atoms with Crippen LogP contribution in [0.15, 0.2) is 0 Å². The van der Waals surface area contributed by atoms with Crippen LogP contribution < -0.4 is 0 Å². The molecule has 0 radical (unpaired) electrons. The number of nitrogens with zero attached hydrogens (tertiary/aromatic N) is 4. The molecule has 1 aromatic rings. The van der Waals surface area contributed by atoms with Crippen molar-refractivity contribution >= 4 is 0 Å². The summed E-state index contributed by atoms with van der Waals surface area (Å²) in [5.41, 5.74) is -0.734. The van der Waals surface area contributed by atoms with Crippen molar-refractivity contribution in [1.82, 2.24) is 20.2 Å². The summed E-state index contributed by atoms with van der Waals surface area (Å²) in [4.78, 5) is 1.41. The van der Waals surface area contributed by atoms with Gasteiger partial charge in [-0.25, -0.2) is 0 Å². The van der Waals surface area contributed by atoms with Crippen molar-refractivity contribution in [3.63, 3.8) is 0 Å². The molecule has 0 amide bonds. The fourth-order valence-electron chi connectivity index (χ4n) is 2.11. The van der Waals surface area contributed by atoms with Gasteiger partial charge in [0.1, 0.15) is 0 Å². The second-order valence-electron chi connectivity index (χ2n) is 4.45. The minimum atomic E-state index is -0.734. The molecule has 0 saturated carbocycles. The fraction of sp³-hybridized carbons (Fsp3) is 0.900. The van der Waals surface area contributed by atoms with E-state index in [9.17, 15) is 5.11 Å². The fourth-order valence-corrected chi connectivity index (χ4v) is 2.11. The van der Waals surface area contributed by atoms with E-state index in [4.69, 9.17) is 4.74 Å². The molecule has 1 aliphatic heterocycles. The minimum Gasteiger partial charge on any atom is -0.389 e. The molecule has 2 atom stereocenters. The molecule has 0 aromatic carbocycles. The van der Waals surface area contributed by atoms with E-state index in [1.54, 1.807) is 7.05 Å². The highest BCUT2D eigenvalue weighted by Gasteiger charge is 2.35. The lowest BCUT2D eigenvalue weighted by Gasteiger charge is -2.35. The summed E-state index contributed by atoms with van der Waals surface area (Å²) in [7, 11) is 1.72. The summed E-state index contributed by atoms with van der Waals surface area (Å²) >= 11 is 0. The van der Waals surface area contributed by atoms with Gasteiger partial charge in [0, 0.05) is 25.9 Å². The largest absolute Gasteiger partial charge is 0.389 e. The minimum absolute atomic E-state index is 0.149. The summed E-state index contributed by atoms with van der Waals surface area (Å²) in [5.74, 6) is 0.599. The second kappa shape index (κ2) is 4.47. The van der Waals surface area contributed by atoms with E-state index in [1.807, 2.05) is 0 Å². The summed E-state index contributed by atoms with van der Waals surface area (Å²) in [6, 6.07) is 0. The first-order valence-corrected chi connectivity index (χ1v) is 5.68. The zero-order valence-corrected chi connectivity index (χ0v) is 9.76. The Bertz CT molecular complexity index is 354. The zero-order valence-electron chi connectivity index (χ0n) is 9.76. The van der Waals surface area contributed by atoms with Gasteiger partial charge in [-0.05, 0) is 11.6 Å². The Balaban J connectivity index is 2.01. The Morgan fingerprint density at radius 3 is 3.06 bits per heavy atom. The third-order valence-electron chi connectivity index (χ3n) is 3.02. The topological polar surface area (TPSA) is 73.1 Å². The Morgan fingerprint density at radius 1 is 1.62 bits per heavy atom. The van der Waals surface area contributed by atoms with Gasteiger partial charge in [-0.1, -0.05) is 6.92 Å². The van der Waals surface area contributed by atoms with E-state index in [0.717, 1.165) is 6.42 Å². The number of ether oxygens (including phenoxy) is 1. The molecule has 90 valence electrons. The van der Waals surface area contributed by atoms with Crippen LogP contribution in [-0.4, -0.2) is 43.6 Å². The van der Waals surface area contributed by atoms with Crippen LogP contribution in [0.2, 0.25) is 0 Å². The van der Waals surface area contributed by atoms with Gasteiger partial charge in [0.05, 0.1) is 18.8 Å². The van der Waals surface area contributed by atoms with Gasteiger partial charge in [0.15, 0.2) is 5.82 Å². The first-order chi connectivity index (χ1) is 7.61. The van der Waals surface area contributed by atoms with Gasteiger partial charge in [-0.2, -0.15) is 4.80 Å². The predicted octanol–water partition coefficient (Wildman–Crippen LogP) is 0.0727. The van der Waals surface area contributed by atoms with Gasteiger partial charge in [0.25, 0.3) is 0 Å². The van der Waals surface area contributed by atoms with Crippen molar-refractivity contribution < 1.29 is 9.84 Å². The lowest BCUT2D eigenvalue weighted by Crippen LogP contribution is -2.42. The molecule has 6 nitrogen and oxygen atoms in total. The molecule has 0 bridgehead atoms.